The molecule has 0 atom stereocenters. The van der Waals surface area contributed by atoms with Gasteiger partial charge in [-0.25, -0.2) is 9.59 Å². The maximum atomic E-state index is 12.2. The molecule has 0 radical (unpaired) electrons. The van der Waals surface area contributed by atoms with Crippen molar-refractivity contribution in [2.24, 2.45) is 5.92 Å². The van der Waals surface area contributed by atoms with Gasteiger partial charge in [0, 0.05) is 13.1 Å². The second-order valence-corrected chi connectivity index (χ2v) is 5.51. The second-order valence-electron chi connectivity index (χ2n) is 5.51. The highest BCUT2D eigenvalue weighted by molar-refractivity contribution is 5.86. The predicted molar refractivity (Wildman–Crippen MR) is 67.3 cm³/mol. The Morgan fingerprint density at radius 3 is 2.39 bits per heavy atom. The molecule has 2 aliphatic carbocycles. The van der Waals surface area contributed by atoms with Crippen molar-refractivity contribution >= 4 is 12.0 Å². The summed E-state index contributed by atoms with van der Waals surface area (Å²) in [4.78, 5) is 25.3. The number of rotatable bonds is 5. The van der Waals surface area contributed by atoms with Crippen LogP contribution < -0.4 is 5.32 Å². The minimum Gasteiger partial charge on any atom is -0.480 e. The number of amides is 2. The Balaban J connectivity index is 1.96. The molecule has 2 amide bonds. The van der Waals surface area contributed by atoms with Gasteiger partial charge in [0.15, 0.2) is 0 Å². The zero-order valence-corrected chi connectivity index (χ0v) is 10.9. The van der Waals surface area contributed by atoms with E-state index in [1.165, 1.54) is 12.8 Å². The number of carboxylic acids is 1. The van der Waals surface area contributed by atoms with Gasteiger partial charge in [-0.2, -0.15) is 0 Å². The van der Waals surface area contributed by atoms with Crippen LogP contribution in [0.1, 0.15) is 45.4 Å². The Kier molecular flexibility index (Phi) is 3.78. The van der Waals surface area contributed by atoms with Crippen LogP contribution in [0.4, 0.5) is 4.79 Å². The van der Waals surface area contributed by atoms with Crippen molar-refractivity contribution < 1.29 is 14.7 Å². The zero-order valence-electron chi connectivity index (χ0n) is 10.9. The van der Waals surface area contributed by atoms with Gasteiger partial charge < -0.3 is 15.3 Å². The van der Waals surface area contributed by atoms with Crippen molar-refractivity contribution in [1.82, 2.24) is 10.2 Å². The lowest BCUT2D eigenvalue weighted by atomic mass is 9.98. The highest BCUT2D eigenvalue weighted by Crippen LogP contribution is 2.32. The Morgan fingerprint density at radius 2 is 1.94 bits per heavy atom. The largest absolute Gasteiger partial charge is 0.480 e. The van der Waals surface area contributed by atoms with Gasteiger partial charge in [0.25, 0.3) is 0 Å². The number of nitrogens with zero attached hydrogens (tertiary/aromatic N) is 1. The molecule has 5 nitrogen and oxygen atoms in total. The van der Waals surface area contributed by atoms with Gasteiger partial charge in [0.05, 0.1) is 0 Å². The SMILES string of the molecule is CCN(CC1CC1)C(=O)NC1(C(=O)O)CCCC1. The van der Waals surface area contributed by atoms with Gasteiger partial charge in [0.1, 0.15) is 5.54 Å². The summed E-state index contributed by atoms with van der Waals surface area (Å²) in [7, 11) is 0. The molecule has 0 aromatic rings. The Morgan fingerprint density at radius 1 is 1.33 bits per heavy atom. The van der Waals surface area contributed by atoms with Crippen LogP contribution in [0.3, 0.4) is 0 Å². The molecule has 0 aromatic heterocycles. The number of carboxylic acid groups (broad SMARTS) is 1. The lowest BCUT2D eigenvalue weighted by Gasteiger charge is -2.30. The monoisotopic (exact) mass is 254 g/mol. The number of hydrogen-bond donors (Lipinski definition) is 2. The summed E-state index contributed by atoms with van der Waals surface area (Å²) in [5, 5.41) is 12.1. The minimum absolute atomic E-state index is 0.214. The Hall–Kier alpha value is -1.26. The number of aliphatic carboxylic acids is 1. The molecule has 0 aromatic carbocycles. The molecule has 0 saturated heterocycles. The predicted octanol–water partition coefficient (Wildman–Crippen LogP) is 1.83. The summed E-state index contributed by atoms with van der Waals surface area (Å²) < 4.78 is 0. The third-order valence-electron chi connectivity index (χ3n) is 4.06. The summed E-state index contributed by atoms with van der Waals surface area (Å²) in [6.45, 7) is 3.33. The summed E-state index contributed by atoms with van der Waals surface area (Å²) in [6, 6.07) is -0.214. The summed E-state index contributed by atoms with van der Waals surface area (Å²) in [6.07, 6.45) is 5.23. The lowest BCUT2D eigenvalue weighted by molar-refractivity contribution is -0.144. The second kappa shape index (κ2) is 5.16. The fraction of sp³-hybridized carbons (Fsp3) is 0.846. The molecule has 0 unspecified atom stereocenters. The zero-order chi connectivity index (χ0) is 13.2. The third kappa shape index (κ3) is 2.76. The van der Waals surface area contributed by atoms with E-state index in [2.05, 4.69) is 5.32 Å². The first-order valence-electron chi connectivity index (χ1n) is 6.88. The number of nitrogens with one attached hydrogen (secondary N) is 1. The topological polar surface area (TPSA) is 69.6 Å². The molecular formula is C13H22N2O3. The van der Waals surface area contributed by atoms with Crippen LogP contribution in [0, 0.1) is 5.92 Å². The van der Waals surface area contributed by atoms with Crippen LogP contribution in [-0.4, -0.2) is 40.6 Å². The van der Waals surface area contributed by atoms with Crippen molar-refractivity contribution in [3.05, 3.63) is 0 Å². The lowest BCUT2D eigenvalue weighted by Crippen LogP contribution is -2.56. The minimum atomic E-state index is -1.02. The third-order valence-corrected chi connectivity index (χ3v) is 4.06. The molecular weight excluding hydrogens is 232 g/mol. The van der Waals surface area contributed by atoms with Crippen molar-refractivity contribution in [2.45, 2.75) is 51.0 Å². The highest BCUT2D eigenvalue weighted by Gasteiger charge is 2.43. The molecule has 2 fully saturated rings. The van der Waals surface area contributed by atoms with E-state index in [0.29, 0.717) is 25.3 Å². The van der Waals surface area contributed by atoms with E-state index >= 15 is 0 Å². The van der Waals surface area contributed by atoms with E-state index in [4.69, 9.17) is 0 Å². The number of urea groups is 1. The summed E-state index contributed by atoms with van der Waals surface area (Å²) in [5.41, 5.74) is -1.02. The number of carbonyl (C=O) groups is 2. The first kappa shape index (κ1) is 13.2. The molecule has 0 bridgehead atoms. The van der Waals surface area contributed by atoms with Crippen molar-refractivity contribution in [2.75, 3.05) is 13.1 Å². The van der Waals surface area contributed by atoms with E-state index in [-0.39, 0.29) is 6.03 Å². The van der Waals surface area contributed by atoms with Crippen molar-refractivity contribution in [1.29, 1.82) is 0 Å². The van der Waals surface area contributed by atoms with E-state index in [9.17, 15) is 14.7 Å². The van der Waals surface area contributed by atoms with Gasteiger partial charge >= 0.3 is 12.0 Å². The van der Waals surface area contributed by atoms with E-state index < -0.39 is 11.5 Å². The van der Waals surface area contributed by atoms with Crippen LogP contribution in [0.5, 0.6) is 0 Å². The molecule has 5 heteroatoms. The number of carbonyl (C=O) groups excluding carboxylic acids is 1. The maximum absolute atomic E-state index is 12.2. The van der Waals surface area contributed by atoms with Crippen molar-refractivity contribution in [3.8, 4) is 0 Å². The average Bonchev–Trinajstić information content (AvgIpc) is 3.03. The van der Waals surface area contributed by atoms with Crippen LogP contribution >= 0.6 is 0 Å². The highest BCUT2D eigenvalue weighted by atomic mass is 16.4. The standard InChI is InChI=1S/C13H22N2O3/c1-2-15(9-10-5-6-10)12(18)14-13(11(16)17)7-3-4-8-13/h10H,2-9H2,1H3,(H,14,18)(H,16,17). The van der Waals surface area contributed by atoms with E-state index in [1.807, 2.05) is 6.92 Å². The molecule has 0 spiro atoms. The van der Waals surface area contributed by atoms with E-state index in [0.717, 1.165) is 19.4 Å². The molecule has 18 heavy (non-hydrogen) atoms. The fourth-order valence-electron chi connectivity index (χ4n) is 2.62. The van der Waals surface area contributed by atoms with Crippen LogP contribution in [0.2, 0.25) is 0 Å². The quantitative estimate of drug-likeness (QED) is 0.786. The molecule has 0 aliphatic heterocycles. The molecule has 2 rings (SSSR count). The Labute approximate surface area is 108 Å². The average molecular weight is 254 g/mol. The normalized spacial score (nSPS) is 21.6. The van der Waals surface area contributed by atoms with Crippen molar-refractivity contribution in [3.63, 3.8) is 0 Å². The maximum Gasteiger partial charge on any atom is 0.329 e. The smallest absolute Gasteiger partial charge is 0.329 e. The molecule has 102 valence electrons. The molecule has 0 heterocycles. The van der Waals surface area contributed by atoms with Gasteiger partial charge in [-0.1, -0.05) is 12.8 Å². The van der Waals surface area contributed by atoms with Gasteiger partial charge in [-0.3, -0.25) is 0 Å². The van der Waals surface area contributed by atoms with Crippen LogP contribution in [0.25, 0.3) is 0 Å². The van der Waals surface area contributed by atoms with Gasteiger partial charge in [-0.05, 0) is 38.5 Å². The van der Waals surface area contributed by atoms with Gasteiger partial charge in [-0.15, -0.1) is 0 Å². The first-order chi connectivity index (χ1) is 8.57. The molecule has 2 saturated carbocycles. The van der Waals surface area contributed by atoms with E-state index in [1.54, 1.807) is 4.90 Å². The summed E-state index contributed by atoms with van der Waals surface area (Å²) in [5.74, 6) is -0.268. The molecule has 2 aliphatic rings. The van der Waals surface area contributed by atoms with Crippen LogP contribution in [-0.2, 0) is 4.79 Å². The summed E-state index contributed by atoms with van der Waals surface area (Å²) >= 11 is 0. The fourth-order valence-corrected chi connectivity index (χ4v) is 2.62. The Bertz CT molecular complexity index is 333. The van der Waals surface area contributed by atoms with Crippen LogP contribution in [0.15, 0.2) is 0 Å². The molecule has 2 N–H and O–H groups in total. The first-order valence-corrected chi connectivity index (χ1v) is 6.88. The van der Waals surface area contributed by atoms with Gasteiger partial charge in [0.2, 0.25) is 0 Å². The number of hydrogen-bond acceptors (Lipinski definition) is 2.